The maximum absolute atomic E-state index is 8.59. The van der Waals surface area contributed by atoms with E-state index in [0.717, 1.165) is 37.9 Å². The minimum Gasteiger partial charge on any atom is -0.353 e. The van der Waals surface area contributed by atoms with Crippen LogP contribution < -0.4 is 0 Å². The summed E-state index contributed by atoms with van der Waals surface area (Å²) in [5, 5.41) is 8.59. The van der Waals surface area contributed by atoms with Crippen molar-refractivity contribution in [2.45, 2.75) is 45.3 Å². The second-order valence-electron chi connectivity index (χ2n) is 3.79. The molecule has 0 aromatic heterocycles. The van der Waals surface area contributed by atoms with Crippen LogP contribution in [-0.4, -0.2) is 19.5 Å². The van der Waals surface area contributed by atoms with Crippen LogP contribution in [0.2, 0.25) is 0 Å². The third-order valence-corrected chi connectivity index (χ3v) is 2.43. The number of hydrogen-bond acceptors (Lipinski definition) is 3. The molecule has 0 amide bonds. The molecule has 0 radical (unpaired) electrons. The highest BCUT2D eigenvalue weighted by Crippen LogP contribution is 2.15. The molecule has 0 aliphatic carbocycles. The van der Waals surface area contributed by atoms with Crippen LogP contribution in [0.25, 0.3) is 0 Å². The monoisotopic (exact) mass is 209 g/mol. The van der Waals surface area contributed by atoms with Crippen LogP contribution in [0.1, 0.15) is 39.0 Å². The summed E-state index contributed by atoms with van der Waals surface area (Å²) in [6.45, 7) is 3.43. The van der Waals surface area contributed by atoms with Gasteiger partial charge in [-0.25, -0.2) is 0 Å². The largest absolute Gasteiger partial charge is 0.353 e. The highest BCUT2D eigenvalue weighted by molar-refractivity contribution is 5.13. The molecule has 1 fully saturated rings. The molecule has 0 N–H and O–H groups in total. The molecule has 0 spiro atoms. The standard InChI is InChI=1S/C12H19NO2/c1-2-5-11(7-8-13)10-15-12-6-3-4-9-14-12/h7,12H,2-6,9-10H2,1H3/b11-7+. The molecule has 1 aliphatic heterocycles. The Morgan fingerprint density at radius 2 is 2.47 bits per heavy atom. The van der Waals surface area contributed by atoms with Gasteiger partial charge in [-0.2, -0.15) is 5.26 Å². The van der Waals surface area contributed by atoms with Crippen molar-refractivity contribution < 1.29 is 9.47 Å². The number of rotatable bonds is 5. The van der Waals surface area contributed by atoms with E-state index in [4.69, 9.17) is 14.7 Å². The van der Waals surface area contributed by atoms with E-state index in [1.54, 1.807) is 6.08 Å². The van der Waals surface area contributed by atoms with Crippen molar-refractivity contribution >= 4 is 0 Å². The number of nitrogens with zero attached hydrogens (tertiary/aromatic N) is 1. The van der Waals surface area contributed by atoms with Gasteiger partial charge in [-0.1, -0.05) is 13.3 Å². The molecule has 0 aromatic carbocycles. The predicted molar refractivity (Wildman–Crippen MR) is 58.1 cm³/mol. The van der Waals surface area contributed by atoms with Crippen molar-refractivity contribution in [3.63, 3.8) is 0 Å². The molecule has 0 aromatic rings. The van der Waals surface area contributed by atoms with E-state index in [1.165, 1.54) is 6.42 Å². The molecule has 15 heavy (non-hydrogen) atoms. The highest BCUT2D eigenvalue weighted by Gasteiger charge is 2.14. The first-order valence-corrected chi connectivity index (χ1v) is 5.67. The zero-order valence-corrected chi connectivity index (χ0v) is 9.37. The summed E-state index contributed by atoms with van der Waals surface area (Å²) in [4.78, 5) is 0. The summed E-state index contributed by atoms with van der Waals surface area (Å²) in [5.74, 6) is 0. The van der Waals surface area contributed by atoms with Crippen LogP contribution in [0.5, 0.6) is 0 Å². The molecule has 3 nitrogen and oxygen atoms in total. The van der Waals surface area contributed by atoms with Gasteiger partial charge in [0.15, 0.2) is 6.29 Å². The van der Waals surface area contributed by atoms with Gasteiger partial charge in [-0.15, -0.1) is 0 Å². The number of ether oxygens (including phenoxy) is 2. The molecular formula is C12H19NO2. The maximum Gasteiger partial charge on any atom is 0.158 e. The zero-order valence-electron chi connectivity index (χ0n) is 9.37. The topological polar surface area (TPSA) is 42.2 Å². The van der Waals surface area contributed by atoms with Crippen LogP contribution in [0.4, 0.5) is 0 Å². The average Bonchev–Trinajstić information content (AvgIpc) is 2.28. The molecule has 1 heterocycles. The SMILES string of the molecule is CCC/C(=C\C#N)COC1CCCCO1. The van der Waals surface area contributed by atoms with E-state index in [9.17, 15) is 0 Å². The molecule has 84 valence electrons. The summed E-state index contributed by atoms with van der Waals surface area (Å²) >= 11 is 0. The van der Waals surface area contributed by atoms with E-state index < -0.39 is 0 Å². The Kier molecular flexibility index (Phi) is 6.06. The fourth-order valence-corrected chi connectivity index (χ4v) is 1.64. The predicted octanol–water partition coefficient (Wildman–Crippen LogP) is 2.78. The molecule has 1 aliphatic rings. The summed E-state index contributed by atoms with van der Waals surface area (Å²) in [6, 6.07) is 2.06. The number of hydrogen-bond donors (Lipinski definition) is 0. The quantitative estimate of drug-likeness (QED) is 0.654. The minimum atomic E-state index is -0.0577. The summed E-state index contributed by atoms with van der Waals surface area (Å²) < 4.78 is 11.1. The third kappa shape index (κ3) is 4.96. The van der Waals surface area contributed by atoms with Crippen LogP contribution in [0.3, 0.4) is 0 Å². The molecule has 1 unspecified atom stereocenters. The van der Waals surface area contributed by atoms with Gasteiger partial charge < -0.3 is 9.47 Å². The Morgan fingerprint density at radius 3 is 3.07 bits per heavy atom. The molecule has 1 atom stereocenters. The van der Waals surface area contributed by atoms with Gasteiger partial charge in [0.2, 0.25) is 0 Å². The van der Waals surface area contributed by atoms with Gasteiger partial charge in [-0.3, -0.25) is 0 Å². The lowest BCUT2D eigenvalue weighted by Gasteiger charge is -2.23. The number of allylic oxidation sites excluding steroid dienone is 1. The first-order valence-electron chi connectivity index (χ1n) is 5.67. The minimum absolute atomic E-state index is 0.0577. The third-order valence-electron chi connectivity index (χ3n) is 2.43. The van der Waals surface area contributed by atoms with E-state index in [2.05, 4.69) is 13.0 Å². The molecule has 3 heteroatoms. The Hall–Kier alpha value is -0.850. The van der Waals surface area contributed by atoms with Crippen molar-refractivity contribution in [2.75, 3.05) is 13.2 Å². The fourth-order valence-electron chi connectivity index (χ4n) is 1.64. The van der Waals surface area contributed by atoms with Crippen molar-refractivity contribution in [1.82, 2.24) is 0 Å². The smallest absolute Gasteiger partial charge is 0.158 e. The first kappa shape index (κ1) is 12.2. The lowest BCUT2D eigenvalue weighted by atomic mass is 10.1. The lowest BCUT2D eigenvalue weighted by molar-refractivity contribution is -0.157. The van der Waals surface area contributed by atoms with Crippen molar-refractivity contribution in [2.24, 2.45) is 0 Å². The second kappa shape index (κ2) is 7.44. The lowest BCUT2D eigenvalue weighted by Crippen LogP contribution is -2.23. The summed E-state index contributed by atoms with van der Waals surface area (Å²) in [6.07, 6.45) is 6.80. The van der Waals surface area contributed by atoms with Crippen molar-refractivity contribution in [3.05, 3.63) is 11.6 Å². The van der Waals surface area contributed by atoms with Crippen LogP contribution in [0.15, 0.2) is 11.6 Å². The summed E-state index contributed by atoms with van der Waals surface area (Å²) in [7, 11) is 0. The van der Waals surface area contributed by atoms with Gasteiger partial charge in [0.1, 0.15) is 0 Å². The van der Waals surface area contributed by atoms with Gasteiger partial charge in [0, 0.05) is 12.7 Å². The normalized spacial score (nSPS) is 22.4. The van der Waals surface area contributed by atoms with Gasteiger partial charge >= 0.3 is 0 Å². The Labute approximate surface area is 91.7 Å². The molecule has 0 bridgehead atoms. The van der Waals surface area contributed by atoms with E-state index >= 15 is 0 Å². The van der Waals surface area contributed by atoms with Crippen LogP contribution in [-0.2, 0) is 9.47 Å². The van der Waals surface area contributed by atoms with E-state index in [-0.39, 0.29) is 6.29 Å². The van der Waals surface area contributed by atoms with Crippen molar-refractivity contribution in [1.29, 1.82) is 5.26 Å². The van der Waals surface area contributed by atoms with Crippen LogP contribution >= 0.6 is 0 Å². The Balaban J connectivity index is 2.26. The molecule has 1 rings (SSSR count). The maximum atomic E-state index is 8.59. The zero-order chi connectivity index (χ0) is 10.9. The Morgan fingerprint density at radius 1 is 1.60 bits per heavy atom. The summed E-state index contributed by atoms with van der Waals surface area (Å²) in [5.41, 5.74) is 1.06. The van der Waals surface area contributed by atoms with E-state index in [1.807, 2.05) is 0 Å². The van der Waals surface area contributed by atoms with Gasteiger partial charge in [0.25, 0.3) is 0 Å². The van der Waals surface area contributed by atoms with Crippen LogP contribution in [0, 0.1) is 11.3 Å². The Bertz CT molecular complexity index is 236. The molecular weight excluding hydrogens is 190 g/mol. The van der Waals surface area contributed by atoms with Gasteiger partial charge in [0.05, 0.1) is 12.7 Å². The second-order valence-corrected chi connectivity index (χ2v) is 3.79. The van der Waals surface area contributed by atoms with E-state index in [0.29, 0.717) is 6.61 Å². The number of nitriles is 1. The first-order chi connectivity index (χ1) is 7.36. The fraction of sp³-hybridized carbons (Fsp3) is 0.750. The highest BCUT2D eigenvalue weighted by atomic mass is 16.7. The average molecular weight is 209 g/mol. The molecule has 1 saturated heterocycles. The molecule has 0 saturated carbocycles. The van der Waals surface area contributed by atoms with Crippen molar-refractivity contribution in [3.8, 4) is 6.07 Å². The van der Waals surface area contributed by atoms with Gasteiger partial charge in [-0.05, 0) is 31.3 Å².